The highest BCUT2D eigenvalue weighted by Gasteiger charge is 2.28. The Morgan fingerprint density at radius 3 is 2.59 bits per heavy atom. The van der Waals surface area contributed by atoms with Crippen molar-refractivity contribution in [2.45, 2.75) is 32.6 Å². The summed E-state index contributed by atoms with van der Waals surface area (Å²) in [6.45, 7) is 3.22. The van der Waals surface area contributed by atoms with Crippen molar-refractivity contribution < 1.29 is 0 Å². The van der Waals surface area contributed by atoms with E-state index in [1.807, 2.05) is 0 Å². The molecule has 6 heteroatoms. The number of hydrogen-bond acceptors (Lipinski definition) is 6. The van der Waals surface area contributed by atoms with Crippen LogP contribution >= 0.6 is 0 Å². The van der Waals surface area contributed by atoms with Crippen molar-refractivity contribution in [1.29, 1.82) is 0 Å². The van der Waals surface area contributed by atoms with Gasteiger partial charge in [-0.25, -0.2) is 5.84 Å². The Balaban J connectivity index is 2.00. The molecule has 17 heavy (non-hydrogen) atoms. The first kappa shape index (κ1) is 11.9. The van der Waals surface area contributed by atoms with E-state index in [1.165, 1.54) is 25.7 Å². The van der Waals surface area contributed by atoms with Gasteiger partial charge in [-0.05, 0) is 18.3 Å². The van der Waals surface area contributed by atoms with Gasteiger partial charge >= 0.3 is 0 Å². The first-order valence-electron chi connectivity index (χ1n) is 5.96. The highest BCUT2D eigenvalue weighted by Crippen LogP contribution is 2.37. The summed E-state index contributed by atoms with van der Waals surface area (Å²) < 4.78 is 0. The lowest BCUT2D eigenvalue weighted by atomic mass is 9.89. The largest absolute Gasteiger partial charge is 0.369 e. The normalized spacial score (nSPS) is 18.0. The van der Waals surface area contributed by atoms with E-state index >= 15 is 0 Å². The highest BCUT2D eigenvalue weighted by atomic mass is 15.3. The summed E-state index contributed by atoms with van der Waals surface area (Å²) in [5, 5.41) is 3.32. The molecule has 1 aliphatic rings. The van der Waals surface area contributed by atoms with E-state index in [9.17, 15) is 0 Å². The Morgan fingerprint density at radius 2 is 1.94 bits per heavy atom. The molecule has 94 valence electrons. The molecule has 0 spiro atoms. The minimum Gasteiger partial charge on any atom is -0.369 e. The number of nitrogens with one attached hydrogen (secondary N) is 2. The summed E-state index contributed by atoms with van der Waals surface area (Å²) in [7, 11) is 0. The molecule has 1 aromatic rings. The van der Waals surface area contributed by atoms with Gasteiger partial charge in [0.15, 0.2) is 0 Å². The molecule has 0 radical (unpaired) electrons. The van der Waals surface area contributed by atoms with Gasteiger partial charge in [-0.2, -0.15) is 9.97 Å². The van der Waals surface area contributed by atoms with Crippen LogP contribution in [-0.2, 0) is 0 Å². The lowest BCUT2D eigenvalue weighted by Gasteiger charge is -2.24. The maximum absolute atomic E-state index is 5.59. The molecule has 0 saturated heterocycles. The van der Waals surface area contributed by atoms with Gasteiger partial charge in [0.05, 0.1) is 0 Å². The van der Waals surface area contributed by atoms with Crippen LogP contribution in [0.15, 0.2) is 6.07 Å². The Bertz CT molecular complexity index is 386. The fraction of sp³-hybridized carbons (Fsp3) is 0.636. The zero-order valence-corrected chi connectivity index (χ0v) is 10.2. The molecular weight excluding hydrogens is 216 g/mol. The van der Waals surface area contributed by atoms with Crippen LogP contribution in [0.1, 0.15) is 32.6 Å². The molecule has 6 nitrogen and oxygen atoms in total. The quantitative estimate of drug-likeness (QED) is 0.465. The smallest absolute Gasteiger partial charge is 0.223 e. The summed E-state index contributed by atoms with van der Waals surface area (Å²) in [4.78, 5) is 8.07. The van der Waals surface area contributed by atoms with Gasteiger partial charge in [-0.3, -0.25) is 0 Å². The molecule has 0 aromatic carbocycles. The third-order valence-electron chi connectivity index (χ3n) is 3.40. The minimum absolute atomic E-state index is 0.222. The van der Waals surface area contributed by atoms with Crippen molar-refractivity contribution in [3.05, 3.63) is 6.07 Å². The Hall–Kier alpha value is -1.56. The maximum Gasteiger partial charge on any atom is 0.223 e. The van der Waals surface area contributed by atoms with Crippen LogP contribution in [0.4, 0.5) is 17.6 Å². The maximum atomic E-state index is 5.59. The van der Waals surface area contributed by atoms with Gasteiger partial charge < -0.3 is 16.5 Å². The highest BCUT2D eigenvalue weighted by molar-refractivity contribution is 5.50. The second-order valence-corrected chi connectivity index (χ2v) is 5.01. The molecular formula is C11H20N6. The second kappa shape index (κ2) is 4.75. The molecule has 1 fully saturated rings. The number of aromatic nitrogens is 2. The van der Waals surface area contributed by atoms with Crippen molar-refractivity contribution >= 4 is 17.6 Å². The van der Waals surface area contributed by atoms with Gasteiger partial charge in [0.2, 0.25) is 5.95 Å². The third-order valence-corrected chi connectivity index (χ3v) is 3.40. The average molecular weight is 236 g/mol. The van der Waals surface area contributed by atoms with Crippen LogP contribution in [0.25, 0.3) is 0 Å². The van der Waals surface area contributed by atoms with E-state index in [0.717, 1.165) is 12.4 Å². The lowest BCUT2D eigenvalue weighted by Crippen LogP contribution is -2.23. The molecule has 0 unspecified atom stereocenters. The molecule has 1 heterocycles. The Labute approximate surface area is 101 Å². The predicted molar refractivity (Wildman–Crippen MR) is 69.3 cm³/mol. The molecule has 0 bridgehead atoms. The van der Waals surface area contributed by atoms with Gasteiger partial charge in [-0.15, -0.1) is 0 Å². The summed E-state index contributed by atoms with van der Waals surface area (Å²) in [5.41, 5.74) is 8.44. The van der Waals surface area contributed by atoms with Crippen LogP contribution < -0.4 is 22.3 Å². The molecule has 1 aliphatic carbocycles. The number of hydrogen-bond donors (Lipinski definition) is 4. The zero-order chi connectivity index (χ0) is 12.3. The van der Waals surface area contributed by atoms with Crippen molar-refractivity contribution in [2.75, 3.05) is 23.0 Å². The van der Waals surface area contributed by atoms with Crippen LogP contribution in [0.5, 0.6) is 0 Å². The summed E-state index contributed by atoms with van der Waals surface area (Å²) >= 11 is 0. The summed E-state index contributed by atoms with van der Waals surface area (Å²) in [6, 6.07) is 1.76. The van der Waals surface area contributed by atoms with E-state index in [2.05, 4.69) is 27.6 Å². The molecule has 2 rings (SSSR count). The van der Waals surface area contributed by atoms with E-state index in [1.54, 1.807) is 6.07 Å². The molecule has 0 amide bonds. The first-order chi connectivity index (χ1) is 8.11. The van der Waals surface area contributed by atoms with E-state index in [4.69, 9.17) is 11.6 Å². The number of nitrogens with zero attached hydrogens (tertiary/aromatic N) is 2. The van der Waals surface area contributed by atoms with Gasteiger partial charge in [-0.1, -0.05) is 19.8 Å². The molecule has 1 aromatic heterocycles. The number of anilines is 3. The topological polar surface area (TPSA) is 102 Å². The molecule has 1 saturated carbocycles. The predicted octanol–water partition coefficient (Wildman–Crippen LogP) is 1.34. The SMILES string of the molecule is CC1(CNc2cc(NN)nc(N)n2)CCCC1. The van der Waals surface area contributed by atoms with Crippen molar-refractivity contribution in [3.63, 3.8) is 0 Å². The number of nitrogen functional groups attached to an aromatic ring is 2. The van der Waals surface area contributed by atoms with Gasteiger partial charge in [0.25, 0.3) is 0 Å². The Kier molecular flexibility index (Phi) is 3.33. The average Bonchev–Trinajstić information content (AvgIpc) is 2.73. The molecule has 6 N–H and O–H groups in total. The fourth-order valence-electron chi connectivity index (χ4n) is 2.34. The number of hydrazine groups is 1. The van der Waals surface area contributed by atoms with Gasteiger partial charge in [0, 0.05) is 12.6 Å². The van der Waals surface area contributed by atoms with Crippen molar-refractivity contribution in [3.8, 4) is 0 Å². The Morgan fingerprint density at radius 1 is 1.29 bits per heavy atom. The minimum atomic E-state index is 0.222. The van der Waals surface area contributed by atoms with Crippen LogP contribution in [0, 0.1) is 5.41 Å². The zero-order valence-electron chi connectivity index (χ0n) is 10.2. The van der Waals surface area contributed by atoms with E-state index < -0.39 is 0 Å². The second-order valence-electron chi connectivity index (χ2n) is 5.01. The van der Waals surface area contributed by atoms with Crippen LogP contribution in [0.2, 0.25) is 0 Å². The van der Waals surface area contributed by atoms with Crippen molar-refractivity contribution in [2.24, 2.45) is 11.3 Å². The lowest BCUT2D eigenvalue weighted by molar-refractivity contribution is 0.361. The fourth-order valence-corrected chi connectivity index (χ4v) is 2.34. The monoisotopic (exact) mass is 236 g/mol. The van der Waals surface area contributed by atoms with Crippen LogP contribution in [0.3, 0.4) is 0 Å². The van der Waals surface area contributed by atoms with E-state index in [0.29, 0.717) is 11.2 Å². The van der Waals surface area contributed by atoms with Gasteiger partial charge in [0.1, 0.15) is 11.6 Å². The number of rotatable bonds is 4. The summed E-state index contributed by atoms with van der Waals surface area (Å²) in [5.74, 6) is 6.78. The van der Waals surface area contributed by atoms with Crippen LogP contribution in [-0.4, -0.2) is 16.5 Å². The standard InChI is InChI=1S/C11H20N6/c1-11(4-2-3-5-11)7-14-8-6-9(17-13)16-10(12)15-8/h6H,2-5,7,13H2,1H3,(H4,12,14,15,16,17). The van der Waals surface area contributed by atoms with Crippen molar-refractivity contribution in [1.82, 2.24) is 9.97 Å². The van der Waals surface area contributed by atoms with E-state index in [-0.39, 0.29) is 5.95 Å². The molecule has 0 atom stereocenters. The summed E-state index contributed by atoms with van der Waals surface area (Å²) in [6.07, 6.45) is 5.17. The third kappa shape index (κ3) is 2.97. The first-order valence-corrected chi connectivity index (χ1v) is 5.96. The molecule has 0 aliphatic heterocycles. The number of nitrogens with two attached hydrogens (primary N) is 2.